The molecule has 5 nitrogen and oxygen atoms in total. The number of nitrogens with zero attached hydrogens (tertiary/aromatic N) is 2. The van der Waals surface area contributed by atoms with Gasteiger partial charge in [-0.25, -0.2) is 0 Å². The molecule has 1 aromatic heterocycles. The number of hydrogen-bond donors (Lipinski definition) is 1. The van der Waals surface area contributed by atoms with Crippen LogP contribution in [-0.2, 0) is 11.3 Å². The Hall–Kier alpha value is -1.69. The predicted molar refractivity (Wildman–Crippen MR) is 74.0 cm³/mol. The molecule has 1 N–H and O–H groups in total. The van der Waals surface area contributed by atoms with Gasteiger partial charge in [-0.15, -0.1) is 0 Å². The quantitative estimate of drug-likeness (QED) is 0.916. The molecule has 1 aromatic carbocycles. The van der Waals surface area contributed by atoms with Gasteiger partial charge in [0, 0.05) is 18.2 Å². The molecule has 0 spiro atoms. The standard InChI is InChI=1S/C15H18N2O3/c18-10-13-11-19-7-6-17(13)9-14-8-15(16-20-14)12-4-2-1-3-5-12/h1-5,8,13,18H,6-7,9-11H2. The van der Waals surface area contributed by atoms with Gasteiger partial charge < -0.3 is 14.4 Å². The predicted octanol–water partition coefficient (Wildman–Crippen LogP) is 1.53. The van der Waals surface area contributed by atoms with Crippen molar-refractivity contribution < 1.29 is 14.4 Å². The maximum atomic E-state index is 9.35. The van der Waals surface area contributed by atoms with Gasteiger partial charge in [0.05, 0.1) is 32.4 Å². The van der Waals surface area contributed by atoms with E-state index in [9.17, 15) is 5.11 Å². The van der Waals surface area contributed by atoms with Crippen molar-refractivity contribution in [1.29, 1.82) is 0 Å². The smallest absolute Gasteiger partial charge is 0.151 e. The molecule has 1 atom stereocenters. The molecule has 0 aliphatic carbocycles. The highest BCUT2D eigenvalue weighted by Gasteiger charge is 2.23. The minimum absolute atomic E-state index is 0.0361. The number of aliphatic hydroxyl groups excluding tert-OH is 1. The van der Waals surface area contributed by atoms with E-state index in [1.807, 2.05) is 36.4 Å². The number of aliphatic hydroxyl groups is 1. The SMILES string of the molecule is OCC1COCCN1Cc1cc(-c2ccccc2)no1. The van der Waals surface area contributed by atoms with E-state index in [4.69, 9.17) is 9.26 Å². The van der Waals surface area contributed by atoms with Crippen LogP contribution in [0.4, 0.5) is 0 Å². The van der Waals surface area contributed by atoms with E-state index < -0.39 is 0 Å². The normalized spacial score (nSPS) is 20.1. The zero-order valence-electron chi connectivity index (χ0n) is 11.2. The molecule has 0 saturated carbocycles. The molecule has 1 aliphatic heterocycles. The van der Waals surface area contributed by atoms with Crippen molar-refractivity contribution in [2.45, 2.75) is 12.6 Å². The van der Waals surface area contributed by atoms with Gasteiger partial charge in [-0.05, 0) is 0 Å². The first kappa shape index (κ1) is 13.3. The van der Waals surface area contributed by atoms with Crippen molar-refractivity contribution in [2.24, 2.45) is 0 Å². The molecule has 2 aromatic rings. The van der Waals surface area contributed by atoms with Gasteiger partial charge >= 0.3 is 0 Å². The third-order valence-electron chi connectivity index (χ3n) is 3.55. The van der Waals surface area contributed by atoms with E-state index in [2.05, 4.69) is 10.1 Å². The number of aromatic nitrogens is 1. The highest BCUT2D eigenvalue weighted by Crippen LogP contribution is 2.20. The second kappa shape index (κ2) is 6.17. The number of ether oxygens (including phenoxy) is 1. The van der Waals surface area contributed by atoms with Crippen LogP contribution >= 0.6 is 0 Å². The van der Waals surface area contributed by atoms with Crippen LogP contribution < -0.4 is 0 Å². The summed E-state index contributed by atoms with van der Waals surface area (Å²) < 4.78 is 10.8. The molecular weight excluding hydrogens is 256 g/mol. The summed E-state index contributed by atoms with van der Waals surface area (Å²) in [4.78, 5) is 2.17. The molecule has 0 amide bonds. The fourth-order valence-electron chi connectivity index (χ4n) is 2.40. The van der Waals surface area contributed by atoms with E-state index >= 15 is 0 Å². The van der Waals surface area contributed by atoms with E-state index in [1.54, 1.807) is 0 Å². The lowest BCUT2D eigenvalue weighted by molar-refractivity contribution is -0.0341. The van der Waals surface area contributed by atoms with E-state index in [-0.39, 0.29) is 12.6 Å². The number of rotatable bonds is 4. The fraction of sp³-hybridized carbons (Fsp3) is 0.400. The molecule has 1 unspecified atom stereocenters. The van der Waals surface area contributed by atoms with Crippen molar-refractivity contribution in [1.82, 2.24) is 10.1 Å². The summed E-state index contributed by atoms with van der Waals surface area (Å²) in [5.74, 6) is 0.809. The molecular formula is C15H18N2O3. The average molecular weight is 274 g/mol. The minimum Gasteiger partial charge on any atom is -0.395 e. The zero-order valence-corrected chi connectivity index (χ0v) is 11.2. The van der Waals surface area contributed by atoms with Gasteiger partial charge in [0.2, 0.25) is 0 Å². The maximum absolute atomic E-state index is 9.35. The van der Waals surface area contributed by atoms with E-state index in [1.165, 1.54) is 0 Å². The van der Waals surface area contributed by atoms with Gasteiger partial charge in [-0.1, -0.05) is 35.5 Å². The lowest BCUT2D eigenvalue weighted by Gasteiger charge is -2.33. The molecule has 0 bridgehead atoms. The van der Waals surface area contributed by atoms with Crippen molar-refractivity contribution in [3.8, 4) is 11.3 Å². The molecule has 1 aliphatic rings. The zero-order chi connectivity index (χ0) is 13.8. The van der Waals surface area contributed by atoms with Gasteiger partial charge in [-0.2, -0.15) is 0 Å². The summed E-state index contributed by atoms with van der Waals surface area (Å²) in [6.45, 7) is 2.80. The monoisotopic (exact) mass is 274 g/mol. The Labute approximate surface area is 117 Å². The van der Waals surface area contributed by atoms with Crippen LogP contribution in [0.3, 0.4) is 0 Å². The largest absolute Gasteiger partial charge is 0.395 e. The van der Waals surface area contributed by atoms with Gasteiger partial charge in [0.15, 0.2) is 5.76 Å². The fourth-order valence-corrected chi connectivity index (χ4v) is 2.40. The molecule has 5 heteroatoms. The third-order valence-corrected chi connectivity index (χ3v) is 3.55. The van der Waals surface area contributed by atoms with E-state index in [0.29, 0.717) is 19.8 Å². The molecule has 2 heterocycles. The molecule has 1 saturated heterocycles. The molecule has 3 rings (SSSR count). The summed E-state index contributed by atoms with van der Waals surface area (Å²) in [7, 11) is 0. The summed E-state index contributed by atoms with van der Waals surface area (Å²) in [5.41, 5.74) is 1.89. The van der Waals surface area contributed by atoms with Crippen LogP contribution in [0.1, 0.15) is 5.76 Å². The molecule has 20 heavy (non-hydrogen) atoms. The summed E-state index contributed by atoms with van der Waals surface area (Å²) in [5, 5.41) is 13.5. The first-order chi connectivity index (χ1) is 9.86. The Bertz CT molecular complexity index is 541. The van der Waals surface area contributed by atoms with Crippen molar-refractivity contribution in [3.05, 3.63) is 42.2 Å². The highest BCUT2D eigenvalue weighted by molar-refractivity contribution is 5.58. The first-order valence-corrected chi connectivity index (χ1v) is 6.80. The lowest BCUT2D eigenvalue weighted by atomic mass is 10.1. The van der Waals surface area contributed by atoms with Crippen molar-refractivity contribution >= 4 is 0 Å². The Kier molecular flexibility index (Phi) is 4.11. The Balaban J connectivity index is 1.71. The van der Waals surface area contributed by atoms with Crippen LogP contribution in [0.15, 0.2) is 40.9 Å². The van der Waals surface area contributed by atoms with Crippen molar-refractivity contribution in [3.63, 3.8) is 0 Å². The Morgan fingerprint density at radius 2 is 2.15 bits per heavy atom. The van der Waals surface area contributed by atoms with Gasteiger partial charge in [0.1, 0.15) is 5.69 Å². The van der Waals surface area contributed by atoms with Crippen LogP contribution in [0, 0.1) is 0 Å². The summed E-state index contributed by atoms with van der Waals surface area (Å²) >= 11 is 0. The molecule has 0 radical (unpaired) electrons. The first-order valence-electron chi connectivity index (χ1n) is 6.80. The minimum atomic E-state index is 0.0361. The highest BCUT2D eigenvalue weighted by atomic mass is 16.5. The number of hydrogen-bond acceptors (Lipinski definition) is 5. The number of benzene rings is 1. The summed E-state index contributed by atoms with van der Waals surface area (Å²) in [6, 6.07) is 11.9. The Morgan fingerprint density at radius 3 is 2.95 bits per heavy atom. The molecule has 106 valence electrons. The van der Waals surface area contributed by atoms with Gasteiger partial charge in [0.25, 0.3) is 0 Å². The van der Waals surface area contributed by atoms with Gasteiger partial charge in [-0.3, -0.25) is 4.90 Å². The van der Waals surface area contributed by atoms with Crippen molar-refractivity contribution in [2.75, 3.05) is 26.4 Å². The van der Waals surface area contributed by atoms with E-state index in [0.717, 1.165) is 23.6 Å². The topological polar surface area (TPSA) is 58.7 Å². The second-order valence-electron chi connectivity index (χ2n) is 4.93. The lowest BCUT2D eigenvalue weighted by Crippen LogP contribution is -2.46. The summed E-state index contributed by atoms with van der Waals surface area (Å²) in [6.07, 6.45) is 0. The number of morpholine rings is 1. The average Bonchev–Trinajstić information content (AvgIpc) is 2.97. The molecule has 1 fully saturated rings. The van der Waals surface area contributed by atoms with Crippen LogP contribution in [0.5, 0.6) is 0 Å². The Morgan fingerprint density at radius 1 is 1.30 bits per heavy atom. The maximum Gasteiger partial charge on any atom is 0.151 e. The van der Waals surface area contributed by atoms with Crippen LogP contribution in [-0.4, -0.2) is 47.6 Å². The third kappa shape index (κ3) is 2.90. The van der Waals surface area contributed by atoms with Crippen LogP contribution in [0.2, 0.25) is 0 Å². The second-order valence-corrected chi connectivity index (χ2v) is 4.93. The van der Waals surface area contributed by atoms with Crippen LogP contribution in [0.25, 0.3) is 11.3 Å².